The summed E-state index contributed by atoms with van der Waals surface area (Å²) in [5.41, 5.74) is 1.50. The highest BCUT2D eigenvalue weighted by molar-refractivity contribution is 8.00. The highest BCUT2D eigenvalue weighted by atomic mass is 32.2. The molecule has 0 saturated carbocycles. The first-order valence-corrected chi connectivity index (χ1v) is 8.90. The van der Waals surface area contributed by atoms with Crippen molar-refractivity contribution < 1.29 is 14.3 Å². The van der Waals surface area contributed by atoms with E-state index in [0.717, 1.165) is 15.2 Å². The van der Waals surface area contributed by atoms with Crippen LogP contribution in [-0.4, -0.2) is 35.8 Å². The Bertz CT molecular complexity index is 867. The fraction of sp³-hybridized carbons (Fsp3) is 0.188. The van der Waals surface area contributed by atoms with Gasteiger partial charge in [0.2, 0.25) is 5.91 Å². The van der Waals surface area contributed by atoms with Gasteiger partial charge in [-0.25, -0.2) is 9.97 Å². The number of amides is 1. The molecule has 0 aliphatic carbocycles. The highest BCUT2D eigenvalue weighted by Crippen LogP contribution is 2.31. The Hall–Kier alpha value is -2.32. The van der Waals surface area contributed by atoms with Gasteiger partial charge >= 0.3 is 0 Å². The summed E-state index contributed by atoms with van der Waals surface area (Å²) in [6.45, 7) is 0. The summed E-state index contributed by atoms with van der Waals surface area (Å²) in [5, 5.41) is 5.62. The normalized spacial score (nSPS) is 10.6. The van der Waals surface area contributed by atoms with E-state index in [4.69, 9.17) is 9.47 Å². The van der Waals surface area contributed by atoms with Crippen molar-refractivity contribution in [1.29, 1.82) is 0 Å². The van der Waals surface area contributed by atoms with Gasteiger partial charge in [0, 0.05) is 6.07 Å². The van der Waals surface area contributed by atoms with Crippen molar-refractivity contribution in [2.45, 2.75) is 5.03 Å². The first-order valence-electron chi connectivity index (χ1n) is 7.04. The number of thiophene rings is 1. The number of hydrogen-bond donors (Lipinski definition) is 1. The van der Waals surface area contributed by atoms with Crippen molar-refractivity contribution in [2.75, 3.05) is 25.3 Å². The van der Waals surface area contributed by atoms with Gasteiger partial charge in [-0.15, -0.1) is 11.3 Å². The Balaban J connectivity index is 1.67. The maximum absolute atomic E-state index is 12.2. The molecular weight excluding hydrogens is 346 g/mol. The number of ether oxygens (including phenoxy) is 2. The van der Waals surface area contributed by atoms with Crippen molar-refractivity contribution in [3.8, 4) is 11.5 Å². The maximum Gasteiger partial charge on any atom is 0.234 e. The molecule has 0 atom stereocenters. The van der Waals surface area contributed by atoms with Gasteiger partial charge in [0.1, 0.15) is 22.9 Å². The van der Waals surface area contributed by atoms with E-state index >= 15 is 0 Å². The fourth-order valence-corrected chi connectivity index (χ4v) is 3.84. The SMILES string of the molecule is COc1ccc(NC(=O)CSc2ncnc3ccsc23)c(OC)c1. The first-order chi connectivity index (χ1) is 11.7. The Labute approximate surface area is 147 Å². The molecule has 0 spiro atoms. The molecule has 0 aliphatic rings. The molecule has 6 nitrogen and oxygen atoms in total. The van der Waals surface area contributed by atoms with E-state index in [-0.39, 0.29) is 11.7 Å². The van der Waals surface area contributed by atoms with Gasteiger partial charge in [-0.2, -0.15) is 0 Å². The molecule has 2 heterocycles. The number of thioether (sulfide) groups is 1. The van der Waals surface area contributed by atoms with Crippen molar-refractivity contribution in [1.82, 2.24) is 9.97 Å². The maximum atomic E-state index is 12.2. The minimum absolute atomic E-state index is 0.133. The second-order valence-electron chi connectivity index (χ2n) is 4.72. The molecule has 0 radical (unpaired) electrons. The molecule has 3 rings (SSSR count). The minimum atomic E-state index is -0.133. The first kappa shape index (κ1) is 16.5. The molecule has 0 bridgehead atoms. The number of hydrogen-bond acceptors (Lipinski definition) is 7. The van der Waals surface area contributed by atoms with E-state index in [2.05, 4.69) is 15.3 Å². The molecule has 0 fully saturated rings. The summed E-state index contributed by atoms with van der Waals surface area (Å²) in [5.74, 6) is 1.33. The fourth-order valence-electron chi connectivity index (χ4n) is 2.09. The zero-order valence-electron chi connectivity index (χ0n) is 13.1. The summed E-state index contributed by atoms with van der Waals surface area (Å²) in [4.78, 5) is 20.7. The van der Waals surface area contributed by atoms with E-state index in [1.54, 1.807) is 43.8 Å². The Morgan fingerprint density at radius 2 is 2.12 bits per heavy atom. The lowest BCUT2D eigenvalue weighted by molar-refractivity contribution is -0.113. The summed E-state index contributed by atoms with van der Waals surface area (Å²) in [6.07, 6.45) is 1.52. The summed E-state index contributed by atoms with van der Waals surface area (Å²) in [6, 6.07) is 7.18. The van der Waals surface area contributed by atoms with E-state index in [0.29, 0.717) is 17.2 Å². The Morgan fingerprint density at radius 3 is 2.92 bits per heavy atom. The van der Waals surface area contributed by atoms with Crippen LogP contribution in [0.2, 0.25) is 0 Å². The quantitative estimate of drug-likeness (QED) is 0.536. The predicted molar refractivity (Wildman–Crippen MR) is 96.3 cm³/mol. The van der Waals surface area contributed by atoms with Crippen LogP contribution in [0.25, 0.3) is 10.2 Å². The van der Waals surface area contributed by atoms with Gasteiger partial charge in [0.25, 0.3) is 0 Å². The summed E-state index contributed by atoms with van der Waals surface area (Å²) >= 11 is 2.95. The topological polar surface area (TPSA) is 73.3 Å². The second kappa shape index (κ2) is 7.50. The van der Waals surface area contributed by atoms with Crippen LogP contribution in [-0.2, 0) is 4.79 Å². The summed E-state index contributed by atoms with van der Waals surface area (Å²) in [7, 11) is 3.13. The second-order valence-corrected chi connectivity index (χ2v) is 6.60. The van der Waals surface area contributed by atoms with Gasteiger partial charge in [-0.1, -0.05) is 11.8 Å². The van der Waals surface area contributed by atoms with Crippen LogP contribution < -0.4 is 14.8 Å². The van der Waals surface area contributed by atoms with Crippen LogP contribution in [0.15, 0.2) is 41.0 Å². The van der Waals surface area contributed by atoms with Gasteiger partial charge < -0.3 is 14.8 Å². The molecule has 124 valence electrons. The van der Waals surface area contributed by atoms with Crippen molar-refractivity contribution in [3.63, 3.8) is 0 Å². The number of carbonyl (C=O) groups is 1. The third-order valence-corrected chi connectivity index (χ3v) is 5.26. The van der Waals surface area contributed by atoms with Gasteiger partial charge in [0.05, 0.1) is 35.9 Å². The average molecular weight is 361 g/mol. The molecule has 8 heteroatoms. The van der Waals surface area contributed by atoms with E-state index < -0.39 is 0 Å². The number of nitrogens with one attached hydrogen (secondary N) is 1. The monoisotopic (exact) mass is 361 g/mol. The van der Waals surface area contributed by atoms with Crippen LogP contribution in [0.4, 0.5) is 5.69 Å². The van der Waals surface area contributed by atoms with Crippen LogP contribution in [0.3, 0.4) is 0 Å². The molecule has 0 aliphatic heterocycles. The van der Waals surface area contributed by atoms with Crippen molar-refractivity contribution in [2.24, 2.45) is 0 Å². The van der Waals surface area contributed by atoms with Gasteiger partial charge in [-0.3, -0.25) is 4.79 Å². The number of nitrogens with zero attached hydrogens (tertiary/aromatic N) is 2. The number of fused-ring (bicyclic) bond motifs is 1. The van der Waals surface area contributed by atoms with E-state index in [1.807, 2.05) is 11.4 Å². The molecule has 3 aromatic rings. The standard InChI is InChI=1S/C16H15N3O3S2/c1-21-10-3-4-11(13(7-10)22-2)19-14(20)8-24-16-15-12(5-6-23-15)17-9-18-16/h3-7,9H,8H2,1-2H3,(H,19,20). The molecule has 1 amide bonds. The van der Waals surface area contributed by atoms with Gasteiger partial charge in [0.15, 0.2) is 0 Å². The average Bonchev–Trinajstić information content (AvgIpc) is 3.09. The van der Waals surface area contributed by atoms with E-state index in [1.165, 1.54) is 18.1 Å². The Morgan fingerprint density at radius 1 is 1.25 bits per heavy atom. The smallest absolute Gasteiger partial charge is 0.234 e. The van der Waals surface area contributed by atoms with Crippen LogP contribution in [0.5, 0.6) is 11.5 Å². The molecule has 0 unspecified atom stereocenters. The third-order valence-electron chi connectivity index (χ3n) is 3.23. The minimum Gasteiger partial charge on any atom is -0.497 e. The van der Waals surface area contributed by atoms with Crippen LogP contribution in [0.1, 0.15) is 0 Å². The van der Waals surface area contributed by atoms with Crippen LogP contribution >= 0.6 is 23.1 Å². The zero-order valence-corrected chi connectivity index (χ0v) is 14.7. The third kappa shape index (κ3) is 3.60. The number of aromatic nitrogens is 2. The lowest BCUT2D eigenvalue weighted by Gasteiger charge is -2.11. The highest BCUT2D eigenvalue weighted by Gasteiger charge is 2.12. The van der Waals surface area contributed by atoms with Crippen LogP contribution in [0, 0.1) is 0 Å². The Kier molecular flexibility index (Phi) is 5.17. The molecule has 24 heavy (non-hydrogen) atoms. The largest absolute Gasteiger partial charge is 0.497 e. The van der Waals surface area contributed by atoms with Crippen molar-refractivity contribution in [3.05, 3.63) is 36.0 Å². The summed E-state index contributed by atoms with van der Waals surface area (Å²) < 4.78 is 11.4. The molecule has 1 aromatic carbocycles. The lowest BCUT2D eigenvalue weighted by Crippen LogP contribution is -2.14. The number of rotatable bonds is 6. The molecule has 1 N–H and O–H groups in total. The number of carbonyl (C=O) groups excluding carboxylic acids is 1. The van der Waals surface area contributed by atoms with Gasteiger partial charge in [-0.05, 0) is 23.6 Å². The number of anilines is 1. The number of benzene rings is 1. The van der Waals surface area contributed by atoms with Crippen molar-refractivity contribution >= 4 is 44.9 Å². The zero-order chi connectivity index (χ0) is 16.9. The number of methoxy groups -OCH3 is 2. The molecule has 2 aromatic heterocycles. The molecular formula is C16H15N3O3S2. The molecule has 0 saturated heterocycles. The lowest BCUT2D eigenvalue weighted by atomic mass is 10.2. The van der Waals surface area contributed by atoms with E-state index in [9.17, 15) is 4.79 Å². The predicted octanol–water partition coefficient (Wildman–Crippen LogP) is 3.44.